The standard InChI is InChI=1S/C15H14Cl3N5O2/c1-6(2)10-11(7(3)19-5-20-10)21-15(25)23-14(24)8-4-9(16)13(18)22-12(8)17/h4-6H,1-3H3,(H2,21,23,24,25). The van der Waals surface area contributed by atoms with Gasteiger partial charge in [0.2, 0.25) is 0 Å². The number of hydrogen-bond acceptors (Lipinski definition) is 5. The molecule has 2 aromatic heterocycles. The van der Waals surface area contributed by atoms with Gasteiger partial charge in [0.05, 0.1) is 27.7 Å². The molecule has 2 N–H and O–H groups in total. The van der Waals surface area contributed by atoms with Crippen molar-refractivity contribution in [2.45, 2.75) is 26.7 Å². The van der Waals surface area contributed by atoms with Gasteiger partial charge in [0.25, 0.3) is 5.91 Å². The second-order valence-electron chi connectivity index (χ2n) is 5.38. The summed E-state index contributed by atoms with van der Waals surface area (Å²) in [7, 11) is 0. The Labute approximate surface area is 159 Å². The molecule has 3 amide bonds. The van der Waals surface area contributed by atoms with Crippen molar-refractivity contribution in [3.63, 3.8) is 0 Å². The lowest BCUT2D eigenvalue weighted by Crippen LogP contribution is -2.35. The van der Waals surface area contributed by atoms with Gasteiger partial charge < -0.3 is 5.32 Å². The summed E-state index contributed by atoms with van der Waals surface area (Å²) < 4.78 is 0. The zero-order valence-corrected chi connectivity index (χ0v) is 15.8. The zero-order valence-electron chi connectivity index (χ0n) is 13.5. The van der Waals surface area contributed by atoms with Gasteiger partial charge in [-0.2, -0.15) is 0 Å². The van der Waals surface area contributed by atoms with Crippen LogP contribution in [0, 0.1) is 6.92 Å². The van der Waals surface area contributed by atoms with Crippen LogP contribution in [0.3, 0.4) is 0 Å². The predicted octanol–water partition coefficient (Wildman–Crippen LogP) is 4.23. The molecule has 10 heteroatoms. The molecule has 7 nitrogen and oxygen atoms in total. The molecule has 0 radical (unpaired) electrons. The Morgan fingerprint density at radius 3 is 2.44 bits per heavy atom. The molecule has 2 rings (SSSR count). The summed E-state index contributed by atoms with van der Waals surface area (Å²) in [6.45, 7) is 5.58. The zero-order chi connectivity index (χ0) is 18.7. The molecular formula is C15H14Cl3N5O2. The van der Waals surface area contributed by atoms with Crippen LogP contribution in [0.15, 0.2) is 12.4 Å². The number of halogens is 3. The van der Waals surface area contributed by atoms with Crippen LogP contribution in [-0.4, -0.2) is 26.9 Å². The van der Waals surface area contributed by atoms with Gasteiger partial charge in [-0.3, -0.25) is 10.1 Å². The van der Waals surface area contributed by atoms with E-state index in [2.05, 4.69) is 25.6 Å². The van der Waals surface area contributed by atoms with Crippen LogP contribution in [0.25, 0.3) is 0 Å². The molecule has 0 atom stereocenters. The van der Waals surface area contributed by atoms with E-state index < -0.39 is 11.9 Å². The van der Waals surface area contributed by atoms with Crippen LogP contribution in [0.2, 0.25) is 15.3 Å². The number of imide groups is 1. The number of hydrogen-bond donors (Lipinski definition) is 2. The lowest BCUT2D eigenvalue weighted by Gasteiger charge is -2.14. The maximum atomic E-state index is 12.2. The summed E-state index contributed by atoms with van der Waals surface area (Å²) in [6.07, 6.45) is 1.42. The summed E-state index contributed by atoms with van der Waals surface area (Å²) in [6, 6.07) is 0.477. The van der Waals surface area contributed by atoms with Gasteiger partial charge in [-0.25, -0.2) is 19.7 Å². The van der Waals surface area contributed by atoms with Crippen molar-refractivity contribution in [2.75, 3.05) is 5.32 Å². The van der Waals surface area contributed by atoms with Gasteiger partial charge in [0.15, 0.2) is 0 Å². The fourth-order valence-electron chi connectivity index (χ4n) is 2.00. The molecule has 0 aliphatic rings. The van der Waals surface area contributed by atoms with Crippen LogP contribution in [0.5, 0.6) is 0 Å². The van der Waals surface area contributed by atoms with E-state index in [1.165, 1.54) is 12.4 Å². The van der Waals surface area contributed by atoms with E-state index in [9.17, 15) is 9.59 Å². The number of aryl methyl sites for hydroxylation is 1. The van der Waals surface area contributed by atoms with Crippen molar-refractivity contribution >= 4 is 52.4 Å². The Bertz CT molecular complexity index is 842. The minimum Gasteiger partial charge on any atom is -0.304 e. The number of amides is 3. The molecule has 0 aliphatic carbocycles. The van der Waals surface area contributed by atoms with E-state index in [1.807, 2.05) is 13.8 Å². The van der Waals surface area contributed by atoms with Crippen LogP contribution < -0.4 is 10.6 Å². The Balaban J connectivity index is 2.19. The number of rotatable bonds is 3. The van der Waals surface area contributed by atoms with E-state index >= 15 is 0 Å². The first kappa shape index (κ1) is 19.4. The Morgan fingerprint density at radius 2 is 1.80 bits per heavy atom. The third kappa shape index (κ3) is 4.56. The first-order chi connectivity index (χ1) is 11.7. The minimum absolute atomic E-state index is 0.0358. The number of anilines is 1. The highest BCUT2D eigenvalue weighted by Gasteiger charge is 2.19. The Morgan fingerprint density at radius 1 is 1.12 bits per heavy atom. The van der Waals surface area contributed by atoms with Crippen LogP contribution in [-0.2, 0) is 0 Å². The molecule has 25 heavy (non-hydrogen) atoms. The van der Waals surface area contributed by atoms with Gasteiger partial charge in [-0.05, 0) is 18.9 Å². The van der Waals surface area contributed by atoms with E-state index in [0.29, 0.717) is 17.1 Å². The molecule has 0 fully saturated rings. The molecule has 2 heterocycles. The summed E-state index contributed by atoms with van der Waals surface area (Å²) in [5.74, 6) is -0.712. The maximum Gasteiger partial charge on any atom is 0.326 e. The predicted molar refractivity (Wildman–Crippen MR) is 96.6 cm³/mol. The number of carbonyl (C=O) groups excluding carboxylic acids is 2. The number of nitrogens with one attached hydrogen (secondary N) is 2. The number of aromatic nitrogens is 3. The first-order valence-electron chi connectivity index (χ1n) is 7.16. The first-order valence-corrected chi connectivity index (χ1v) is 8.29. The van der Waals surface area contributed by atoms with Crippen molar-refractivity contribution < 1.29 is 9.59 Å². The summed E-state index contributed by atoms with van der Waals surface area (Å²) in [5, 5.41) is 4.59. The molecule has 0 bridgehead atoms. The number of pyridine rings is 1. The van der Waals surface area contributed by atoms with Crippen LogP contribution >= 0.6 is 34.8 Å². The maximum absolute atomic E-state index is 12.2. The van der Waals surface area contributed by atoms with Crippen LogP contribution in [0.4, 0.5) is 10.5 Å². The number of carbonyl (C=O) groups is 2. The van der Waals surface area contributed by atoms with Crippen molar-refractivity contribution in [1.29, 1.82) is 0 Å². The SMILES string of the molecule is Cc1ncnc(C(C)C)c1NC(=O)NC(=O)c1cc(Cl)c(Cl)nc1Cl. The van der Waals surface area contributed by atoms with E-state index in [-0.39, 0.29) is 26.8 Å². The Hall–Kier alpha value is -1.96. The lowest BCUT2D eigenvalue weighted by atomic mass is 10.1. The monoisotopic (exact) mass is 401 g/mol. The minimum atomic E-state index is -0.769. The van der Waals surface area contributed by atoms with Gasteiger partial charge in [0, 0.05) is 0 Å². The average Bonchev–Trinajstić information content (AvgIpc) is 2.52. The van der Waals surface area contributed by atoms with Crippen molar-refractivity contribution in [3.8, 4) is 0 Å². The second-order valence-corrected chi connectivity index (χ2v) is 6.50. The molecule has 0 spiro atoms. The van der Waals surface area contributed by atoms with E-state index in [1.54, 1.807) is 6.92 Å². The van der Waals surface area contributed by atoms with Gasteiger partial charge in [-0.1, -0.05) is 48.7 Å². The van der Waals surface area contributed by atoms with E-state index in [0.717, 1.165) is 0 Å². The van der Waals surface area contributed by atoms with E-state index in [4.69, 9.17) is 34.8 Å². The summed E-state index contributed by atoms with van der Waals surface area (Å²) >= 11 is 17.4. The Kier molecular flexibility index (Phi) is 6.16. The summed E-state index contributed by atoms with van der Waals surface area (Å²) in [4.78, 5) is 36.3. The quantitative estimate of drug-likeness (QED) is 0.749. The van der Waals surface area contributed by atoms with Crippen molar-refractivity contribution in [2.24, 2.45) is 0 Å². The molecular weight excluding hydrogens is 389 g/mol. The second kappa shape index (κ2) is 7.95. The molecule has 0 unspecified atom stereocenters. The molecule has 2 aromatic rings. The lowest BCUT2D eigenvalue weighted by molar-refractivity contribution is 0.0967. The smallest absolute Gasteiger partial charge is 0.304 e. The highest BCUT2D eigenvalue weighted by molar-refractivity contribution is 6.42. The number of urea groups is 1. The molecule has 0 saturated heterocycles. The highest BCUT2D eigenvalue weighted by Crippen LogP contribution is 2.26. The van der Waals surface area contributed by atoms with Crippen molar-refractivity contribution in [3.05, 3.63) is 44.7 Å². The number of nitrogens with zero attached hydrogens (tertiary/aromatic N) is 3. The molecule has 0 aliphatic heterocycles. The normalized spacial score (nSPS) is 10.7. The largest absolute Gasteiger partial charge is 0.326 e. The van der Waals surface area contributed by atoms with Crippen LogP contribution in [0.1, 0.15) is 41.5 Å². The fourth-order valence-corrected chi connectivity index (χ4v) is 2.56. The molecule has 0 aromatic carbocycles. The topological polar surface area (TPSA) is 96.9 Å². The molecule has 132 valence electrons. The van der Waals surface area contributed by atoms with Gasteiger partial charge in [-0.15, -0.1) is 0 Å². The van der Waals surface area contributed by atoms with Crippen molar-refractivity contribution in [1.82, 2.24) is 20.3 Å². The average molecular weight is 403 g/mol. The summed E-state index contributed by atoms with van der Waals surface area (Å²) in [5.41, 5.74) is 1.61. The van der Waals surface area contributed by atoms with Gasteiger partial charge >= 0.3 is 6.03 Å². The highest BCUT2D eigenvalue weighted by atomic mass is 35.5. The van der Waals surface area contributed by atoms with Gasteiger partial charge in [0.1, 0.15) is 16.6 Å². The molecule has 0 saturated carbocycles. The fraction of sp³-hybridized carbons (Fsp3) is 0.267. The third-order valence-corrected chi connectivity index (χ3v) is 4.17. The third-order valence-electron chi connectivity index (χ3n) is 3.21.